The van der Waals surface area contributed by atoms with E-state index in [2.05, 4.69) is 29.4 Å². The quantitative estimate of drug-likeness (QED) is 0.560. The number of fused-ring (bicyclic) bond motifs is 3. The molecule has 3 heteroatoms. The molecule has 5 unspecified atom stereocenters. The number of allylic oxidation sites excluding steroid dienone is 1. The third-order valence-corrected chi connectivity index (χ3v) is 6.41. The predicted octanol–water partition coefficient (Wildman–Crippen LogP) is 4.14. The minimum absolute atomic E-state index is 0.411. The Hall–Kier alpha value is 0.140. The molecule has 0 aromatic heterocycles. The highest BCUT2D eigenvalue weighted by molar-refractivity contribution is 9.09. The van der Waals surface area contributed by atoms with Crippen LogP contribution in [-0.2, 0) is 9.47 Å². The van der Waals surface area contributed by atoms with Crippen LogP contribution in [0.2, 0.25) is 0 Å². The van der Waals surface area contributed by atoms with Crippen molar-refractivity contribution in [1.29, 1.82) is 0 Å². The van der Waals surface area contributed by atoms with E-state index >= 15 is 0 Å². The summed E-state index contributed by atoms with van der Waals surface area (Å²) in [5, 5.41) is 1.08. The third-order valence-electron chi connectivity index (χ3n) is 5.95. The Labute approximate surface area is 125 Å². The Balaban J connectivity index is 1.86. The standard InChI is InChI=1S/C16H25BrO2/c1-11-3-4-14-12-9-18-10-19-15(12)5-7-16(14,2)13(11)6-8-17/h12-15H,1,3-10H2,2H3. The van der Waals surface area contributed by atoms with Crippen molar-refractivity contribution in [3.05, 3.63) is 12.2 Å². The molecular weight excluding hydrogens is 304 g/mol. The molecule has 2 nitrogen and oxygen atoms in total. The average molecular weight is 329 g/mol. The molecule has 3 rings (SSSR count). The molecule has 108 valence electrons. The van der Waals surface area contributed by atoms with Crippen LogP contribution in [0.15, 0.2) is 12.2 Å². The SMILES string of the molecule is C=C1CCC2C3COCOC3CCC2(C)C1CCBr. The van der Waals surface area contributed by atoms with Crippen LogP contribution in [-0.4, -0.2) is 24.8 Å². The van der Waals surface area contributed by atoms with Crippen LogP contribution in [0.3, 0.4) is 0 Å². The number of alkyl halides is 1. The van der Waals surface area contributed by atoms with E-state index in [4.69, 9.17) is 9.47 Å². The summed E-state index contributed by atoms with van der Waals surface area (Å²) in [6.45, 7) is 8.27. The van der Waals surface area contributed by atoms with Gasteiger partial charge in [-0.05, 0) is 49.4 Å². The van der Waals surface area contributed by atoms with Crippen LogP contribution in [0, 0.1) is 23.2 Å². The van der Waals surface area contributed by atoms with E-state index in [-0.39, 0.29) is 0 Å². The maximum absolute atomic E-state index is 5.84. The van der Waals surface area contributed by atoms with Crippen LogP contribution in [0.25, 0.3) is 0 Å². The van der Waals surface area contributed by atoms with Crippen molar-refractivity contribution in [2.45, 2.75) is 45.1 Å². The van der Waals surface area contributed by atoms with Crippen molar-refractivity contribution in [3.63, 3.8) is 0 Å². The van der Waals surface area contributed by atoms with Gasteiger partial charge in [-0.3, -0.25) is 0 Å². The highest BCUT2D eigenvalue weighted by Gasteiger charge is 2.53. The first-order valence-electron chi connectivity index (χ1n) is 7.60. The van der Waals surface area contributed by atoms with E-state index in [9.17, 15) is 0 Å². The molecule has 2 aliphatic carbocycles. The molecule has 0 spiro atoms. The monoisotopic (exact) mass is 328 g/mol. The normalized spacial score (nSPS) is 46.5. The maximum atomic E-state index is 5.84. The van der Waals surface area contributed by atoms with Crippen LogP contribution >= 0.6 is 15.9 Å². The zero-order valence-electron chi connectivity index (χ0n) is 11.9. The Morgan fingerprint density at radius 3 is 3.05 bits per heavy atom. The summed E-state index contributed by atoms with van der Waals surface area (Å²) in [4.78, 5) is 0. The number of hydrogen-bond donors (Lipinski definition) is 0. The van der Waals surface area contributed by atoms with Crippen molar-refractivity contribution in [2.75, 3.05) is 18.7 Å². The summed E-state index contributed by atoms with van der Waals surface area (Å²) in [5.41, 5.74) is 1.89. The zero-order chi connectivity index (χ0) is 13.5. The lowest BCUT2D eigenvalue weighted by Crippen LogP contribution is -2.54. The Morgan fingerprint density at radius 1 is 1.42 bits per heavy atom. The molecule has 0 bridgehead atoms. The lowest BCUT2D eigenvalue weighted by Gasteiger charge is -2.57. The lowest BCUT2D eigenvalue weighted by molar-refractivity contribution is -0.218. The van der Waals surface area contributed by atoms with E-state index < -0.39 is 0 Å². The summed E-state index contributed by atoms with van der Waals surface area (Å²) in [6, 6.07) is 0. The molecule has 3 fully saturated rings. The van der Waals surface area contributed by atoms with Gasteiger partial charge >= 0.3 is 0 Å². The number of rotatable bonds is 2. The Kier molecular flexibility index (Phi) is 4.08. The van der Waals surface area contributed by atoms with Crippen molar-refractivity contribution in [3.8, 4) is 0 Å². The van der Waals surface area contributed by atoms with Gasteiger partial charge in [0.2, 0.25) is 0 Å². The molecule has 3 aliphatic rings. The molecule has 1 aliphatic heterocycles. The largest absolute Gasteiger partial charge is 0.355 e. The van der Waals surface area contributed by atoms with Crippen molar-refractivity contribution >= 4 is 15.9 Å². The van der Waals surface area contributed by atoms with Gasteiger partial charge in [0.25, 0.3) is 0 Å². The topological polar surface area (TPSA) is 18.5 Å². The molecule has 1 saturated heterocycles. The van der Waals surface area contributed by atoms with Crippen molar-refractivity contribution in [2.24, 2.45) is 23.2 Å². The molecule has 0 aromatic carbocycles. The fourth-order valence-electron chi connectivity index (χ4n) is 4.95. The molecule has 0 amide bonds. The highest BCUT2D eigenvalue weighted by Crippen LogP contribution is 2.58. The molecular formula is C16H25BrO2. The van der Waals surface area contributed by atoms with Crippen LogP contribution in [0.1, 0.15) is 39.0 Å². The molecule has 5 atom stereocenters. The number of halogens is 1. The summed E-state index contributed by atoms with van der Waals surface area (Å²) >= 11 is 3.63. The fourth-order valence-corrected chi connectivity index (χ4v) is 5.41. The fraction of sp³-hybridized carbons (Fsp3) is 0.875. The third kappa shape index (κ3) is 2.32. The van der Waals surface area contributed by atoms with Crippen LogP contribution < -0.4 is 0 Å². The summed E-state index contributed by atoms with van der Waals surface area (Å²) in [6.07, 6.45) is 6.64. The minimum atomic E-state index is 0.411. The molecule has 0 radical (unpaired) electrons. The number of ether oxygens (including phenoxy) is 2. The van der Waals surface area contributed by atoms with E-state index in [1.54, 1.807) is 0 Å². The van der Waals surface area contributed by atoms with Gasteiger partial charge in [0.05, 0.1) is 12.7 Å². The molecule has 19 heavy (non-hydrogen) atoms. The van der Waals surface area contributed by atoms with Gasteiger partial charge in [-0.2, -0.15) is 0 Å². The predicted molar refractivity (Wildman–Crippen MR) is 80.3 cm³/mol. The van der Waals surface area contributed by atoms with Crippen LogP contribution in [0.4, 0.5) is 0 Å². The highest BCUT2D eigenvalue weighted by atomic mass is 79.9. The summed E-state index contributed by atoms with van der Waals surface area (Å²) < 4.78 is 11.4. The second kappa shape index (κ2) is 5.50. The van der Waals surface area contributed by atoms with Gasteiger partial charge in [0, 0.05) is 11.2 Å². The van der Waals surface area contributed by atoms with E-state index in [0.717, 1.165) is 17.9 Å². The van der Waals surface area contributed by atoms with Gasteiger partial charge in [-0.1, -0.05) is 35.0 Å². The number of hydrogen-bond acceptors (Lipinski definition) is 2. The maximum Gasteiger partial charge on any atom is 0.147 e. The molecule has 2 saturated carbocycles. The van der Waals surface area contributed by atoms with Gasteiger partial charge in [0.15, 0.2) is 0 Å². The first-order valence-corrected chi connectivity index (χ1v) is 8.72. The first kappa shape index (κ1) is 14.1. The minimum Gasteiger partial charge on any atom is -0.355 e. The second-order valence-corrected chi connectivity index (χ2v) is 7.53. The van der Waals surface area contributed by atoms with Gasteiger partial charge in [-0.15, -0.1) is 0 Å². The molecule has 1 heterocycles. The zero-order valence-corrected chi connectivity index (χ0v) is 13.5. The van der Waals surface area contributed by atoms with Gasteiger partial charge < -0.3 is 9.47 Å². The Bertz CT molecular complexity index is 357. The lowest BCUT2D eigenvalue weighted by atomic mass is 9.50. The first-order chi connectivity index (χ1) is 9.16. The van der Waals surface area contributed by atoms with Crippen molar-refractivity contribution < 1.29 is 9.47 Å². The smallest absolute Gasteiger partial charge is 0.147 e. The molecule has 0 N–H and O–H groups in total. The van der Waals surface area contributed by atoms with E-state index in [1.807, 2.05) is 0 Å². The van der Waals surface area contributed by atoms with E-state index in [0.29, 0.717) is 30.1 Å². The van der Waals surface area contributed by atoms with Crippen LogP contribution in [0.5, 0.6) is 0 Å². The Morgan fingerprint density at radius 2 is 2.26 bits per heavy atom. The summed E-state index contributed by atoms with van der Waals surface area (Å²) in [5.74, 6) is 2.04. The van der Waals surface area contributed by atoms with E-state index in [1.165, 1.54) is 37.7 Å². The molecule has 0 aromatic rings. The van der Waals surface area contributed by atoms with Gasteiger partial charge in [-0.25, -0.2) is 0 Å². The summed E-state index contributed by atoms with van der Waals surface area (Å²) in [7, 11) is 0. The van der Waals surface area contributed by atoms with Gasteiger partial charge in [0.1, 0.15) is 6.79 Å². The average Bonchev–Trinajstić information content (AvgIpc) is 2.42. The second-order valence-electron chi connectivity index (χ2n) is 6.74. The van der Waals surface area contributed by atoms with Crippen molar-refractivity contribution in [1.82, 2.24) is 0 Å².